The lowest BCUT2D eigenvalue weighted by Gasteiger charge is -2.14. The van der Waals surface area contributed by atoms with E-state index in [-0.39, 0.29) is 10.8 Å². The summed E-state index contributed by atoms with van der Waals surface area (Å²) in [5.74, 6) is -0.363. The summed E-state index contributed by atoms with van der Waals surface area (Å²) in [5, 5.41) is 0.0361. The highest BCUT2D eigenvalue weighted by atomic mass is 35.5. The van der Waals surface area contributed by atoms with Crippen LogP contribution in [0.5, 0.6) is 0 Å². The molecule has 0 aromatic heterocycles. The fourth-order valence-corrected chi connectivity index (χ4v) is 1.79. The minimum atomic E-state index is -0.435. The number of aryl methyl sites for hydroxylation is 1. The van der Waals surface area contributed by atoms with Gasteiger partial charge >= 0.3 is 0 Å². The van der Waals surface area contributed by atoms with Crippen molar-refractivity contribution in [2.24, 2.45) is 0 Å². The standard InChI is InChI=1S/C10H8ClFO/c11-8-5-7-6(4-9(8)12)2-1-3-10(7)13/h4-5H,1-3H2. The molecule has 0 saturated carbocycles. The van der Waals surface area contributed by atoms with Crippen LogP contribution in [0.1, 0.15) is 28.8 Å². The third kappa shape index (κ3) is 1.46. The number of fused-ring (bicyclic) bond motifs is 1. The average Bonchev–Trinajstić information content (AvgIpc) is 2.09. The number of hydrogen-bond acceptors (Lipinski definition) is 1. The number of hydrogen-bond donors (Lipinski definition) is 0. The summed E-state index contributed by atoms with van der Waals surface area (Å²) in [6, 6.07) is 2.81. The zero-order valence-corrected chi connectivity index (χ0v) is 7.70. The van der Waals surface area contributed by atoms with E-state index in [0.717, 1.165) is 18.4 Å². The Labute approximate surface area is 80.5 Å². The predicted octanol–water partition coefficient (Wildman–Crippen LogP) is 3.00. The van der Waals surface area contributed by atoms with Gasteiger partial charge in [-0.1, -0.05) is 11.6 Å². The lowest BCUT2D eigenvalue weighted by atomic mass is 9.91. The second-order valence-electron chi connectivity index (χ2n) is 3.20. The summed E-state index contributed by atoms with van der Waals surface area (Å²) >= 11 is 5.58. The maximum atomic E-state index is 13.0. The molecule has 2 rings (SSSR count). The molecule has 0 unspecified atom stereocenters. The molecule has 0 atom stereocenters. The number of benzene rings is 1. The van der Waals surface area contributed by atoms with Crippen molar-refractivity contribution in [3.63, 3.8) is 0 Å². The molecule has 1 aliphatic carbocycles. The first-order valence-corrected chi connectivity index (χ1v) is 4.57. The second kappa shape index (κ2) is 3.11. The number of halogens is 2. The van der Waals surface area contributed by atoms with Gasteiger partial charge in [-0.25, -0.2) is 4.39 Å². The van der Waals surface area contributed by atoms with E-state index < -0.39 is 5.82 Å². The van der Waals surface area contributed by atoms with Crippen molar-refractivity contribution in [1.29, 1.82) is 0 Å². The van der Waals surface area contributed by atoms with Crippen LogP contribution in [0, 0.1) is 5.82 Å². The molecule has 0 spiro atoms. The van der Waals surface area contributed by atoms with Crippen LogP contribution in [0.4, 0.5) is 4.39 Å². The second-order valence-corrected chi connectivity index (χ2v) is 3.61. The highest BCUT2D eigenvalue weighted by molar-refractivity contribution is 6.31. The quantitative estimate of drug-likeness (QED) is 0.626. The molecule has 0 heterocycles. The minimum Gasteiger partial charge on any atom is -0.294 e. The van der Waals surface area contributed by atoms with Gasteiger partial charge in [0, 0.05) is 12.0 Å². The van der Waals surface area contributed by atoms with Gasteiger partial charge < -0.3 is 0 Å². The van der Waals surface area contributed by atoms with E-state index in [4.69, 9.17) is 11.6 Å². The van der Waals surface area contributed by atoms with Crippen LogP contribution < -0.4 is 0 Å². The number of rotatable bonds is 0. The molecule has 0 bridgehead atoms. The third-order valence-corrected chi connectivity index (χ3v) is 2.59. The Morgan fingerprint density at radius 2 is 2.08 bits per heavy atom. The number of carbonyl (C=O) groups excluding carboxylic acids is 1. The fraction of sp³-hybridized carbons (Fsp3) is 0.300. The summed E-state index contributed by atoms with van der Waals surface area (Å²) in [6.45, 7) is 0. The van der Waals surface area contributed by atoms with Crippen LogP contribution in [-0.4, -0.2) is 5.78 Å². The molecule has 1 nitrogen and oxygen atoms in total. The zero-order valence-electron chi connectivity index (χ0n) is 6.94. The molecule has 0 saturated heterocycles. The SMILES string of the molecule is O=C1CCCc2cc(F)c(Cl)cc21. The van der Waals surface area contributed by atoms with Crippen molar-refractivity contribution in [1.82, 2.24) is 0 Å². The smallest absolute Gasteiger partial charge is 0.163 e. The largest absolute Gasteiger partial charge is 0.294 e. The molecule has 0 fully saturated rings. The summed E-state index contributed by atoms with van der Waals surface area (Å²) in [4.78, 5) is 11.4. The van der Waals surface area contributed by atoms with E-state index in [0.29, 0.717) is 12.0 Å². The Balaban J connectivity index is 2.58. The lowest BCUT2D eigenvalue weighted by molar-refractivity contribution is 0.0972. The molecule has 1 aromatic rings. The van der Waals surface area contributed by atoms with Gasteiger partial charge in [-0.15, -0.1) is 0 Å². The molecule has 1 aliphatic rings. The van der Waals surface area contributed by atoms with Crippen molar-refractivity contribution in [3.8, 4) is 0 Å². The molecular formula is C10H8ClFO. The van der Waals surface area contributed by atoms with Gasteiger partial charge in [-0.05, 0) is 30.5 Å². The van der Waals surface area contributed by atoms with E-state index >= 15 is 0 Å². The molecule has 0 aliphatic heterocycles. The van der Waals surface area contributed by atoms with Crippen LogP contribution in [0.2, 0.25) is 5.02 Å². The first-order valence-electron chi connectivity index (χ1n) is 4.19. The number of carbonyl (C=O) groups is 1. The maximum absolute atomic E-state index is 13.0. The van der Waals surface area contributed by atoms with E-state index in [1.54, 1.807) is 0 Å². The number of ketones is 1. The van der Waals surface area contributed by atoms with Gasteiger partial charge in [0.15, 0.2) is 5.78 Å². The Morgan fingerprint density at radius 3 is 2.85 bits per heavy atom. The van der Waals surface area contributed by atoms with Gasteiger partial charge in [0.2, 0.25) is 0 Å². The first kappa shape index (κ1) is 8.70. The summed E-state index contributed by atoms with van der Waals surface area (Å²) in [7, 11) is 0. The summed E-state index contributed by atoms with van der Waals surface area (Å²) in [6.07, 6.45) is 2.14. The lowest BCUT2D eigenvalue weighted by Crippen LogP contribution is -2.11. The average molecular weight is 199 g/mol. The Hall–Kier alpha value is -0.890. The maximum Gasteiger partial charge on any atom is 0.163 e. The summed E-state index contributed by atoms with van der Waals surface area (Å²) in [5.41, 5.74) is 1.39. The van der Waals surface area contributed by atoms with E-state index in [2.05, 4.69) is 0 Å². The first-order chi connectivity index (χ1) is 6.18. The van der Waals surface area contributed by atoms with E-state index in [1.165, 1.54) is 12.1 Å². The third-order valence-electron chi connectivity index (χ3n) is 2.30. The zero-order chi connectivity index (χ0) is 9.42. The fourth-order valence-electron chi connectivity index (χ4n) is 1.63. The van der Waals surface area contributed by atoms with Crippen LogP contribution in [-0.2, 0) is 6.42 Å². The van der Waals surface area contributed by atoms with Crippen LogP contribution >= 0.6 is 11.6 Å². The van der Waals surface area contributed by atoms with Crippen molar-refractivity contribution < 1.29 is 9.18 Å². The molecule has 0 radical (unpaired) electrons. The van der Waals surface area contributed by atoms with Crippen molar-refractivity contribution >= 4 is 17.4 Å². The molecular weight excluding hydrogens is 191 g/mol. The molecule has 3 heteroatoms. The molecule has 0 amide bonds. The van der Waals surface area contributed by atoms with Gasteiger partial charge in [0.1, 0.15) is 5.82 Å². The molecule has 13 heavy (non-hydrogen) atoms. The van der Waals surface area contributed by atoms with Crippen molar-refractivity contribution in [2.75, 3.05) is 0 Å². The van der Waals surface area contributed by atoms with E-state index in [1.807, 2.05) is 0 Å². The van der Waals surface area contributed by atoms with Gasteiger partial charge in [-0.2, -0.15) is 0 Å². The van der Waals surface area contributed by atoms with Crippen molar-refractivity contribution in [3.05, 3.63) is 34.1 Å². The van der Waals surface area contributed by atoms with E-state index in [9.17, 15) is 9.18 Å². The van der Waals surface area contributed by atoms with Crippen LogP contribution in [0.3, 0.4) is 0 Å². The van der Waals surface area contributed by atoms with Gasteiger partial charge in [0.05, 0.1) is 5.02 Å². The number of Topliss-reactive ketones (excluding diaryl/α,β-unsaturated/α-hetero) is 1. The normalized spacial score (nSPS) is 15.7. The predicted molar refractivity (Wildman–Crippen MR) is 48.7 cm³/mol. The van der Waals surface area contributed by atoms with Crippen LogP contribution in [0.15, 0.2) is 12.1 Å². The Morgan fingerprint density at radius 1 is 1.31 bits per heavy atom. The van der Waals surface area contributed by atoms with Crippen molar-refractivity contribution in [2.45, 2.75) is 19.3 Å². The molecule has 0 N–H and O–H groups in total. The highest BCUT2D eigenvalue weighted by Gasteiger charge is 2.18. The Bertz CT molecular complexity index is 373. The topological polar surface area (TPSA) is 17.1 Å². The van der Waals surface area contributed by atoms with Crippen LogP contribution in [0.25, 0.3) is 0 Å². The molecule has 68 valence electrons. The minimum absolute atomic E-state index is 0.0361. The Kier molecular flexibility index (Phi) is 2.08. The molecule has 1 aromatic carbocycles. The highest BCUT2D eigenvalue weighted by Crippen LogP contribution is 2.26. The monoisotopic (exact) mass is 198 g/mol. The summed E-state index contributed by atoms with van der Waals surface area (Å²) < 4.78 is 13.0. The van der Waals surface area contributed by atoms with Gasteiger partial charge in [-0.3, -0.25) is 4.79 Å². The van der Waals surface area contributed by atoms with Gasteiger partial charge in [0.25, 0.3) is 0 Å².